The maximum Gasteiger partial charge on any atom is 0.257 e. The number of carbonyl (C=O) groups excluding carboxylic acids is 1. The summed E-state index contributed by atoms with van der Waals surface area (Å²) in [6, 6.07) is 31.6. The zero-order chi connectivity index (χ0) is 22.6. The van der Waals surface area contributed by atoms with Crippen molar-refractivity contribution < 1.29 is 9.53 Å². The molecule has 0 radical (unpaired) electrons. The Morgan fingerprint density at radius 2 is 1.61 bits per heavy atom. The van der Waals surface area contributed by atoms with E-state index >= 15 is 0 Å². The van der Waals surface area contributed by atoms with Crippen molar-refractivity contribution in [3.8, 4) is 16.9 Å². The van der Waals surface area contributed by atoms with Crippen LogP contribution in [0.5, 0.6) is 5.75 Å². The average Bonchev–Trinajstić information content (AvgIpc) is 3.21. The lowest BCUT2D eigenvalue weighted by molar-refractivity contribution is 0.0977. The van der Waals surface area contributed by atoms with Crippen molar-refractivity contribution in [1.82, 2.24) is 5.32 Å². The zero-order valence-electron chi connectivity index (χ0n) is 17.9. The van der Waals surface area contributed by atoms with Gasteiger partial charge in [-0.1, -0.05) is 66.7 Å². The summed E-state index contributed by atoms with van der Waals surface area (Å²) in [5, 5.41) is 6.14. The molecule has 162 valence electrons. The van der Waals surface area contributed by atoms with Crippen LogP contribution in [-0.2, 0) is 13.0 Å². The monoisotopic (exact) mass is 450 g/mol. The smallest absolute Gasteiger partial charge is 0.257 e. The zero-order valence-corrected chi connectivity index (χ0v) is 18.7. The Kier molecular flexibility index (Phi) is 5.87. The van der Waals surface area contributed by atoms with E-state index in [1.54, 1.807) is 18.2 Å². The lowest BCUT2D eigenvalue weighted by Crippen LogP contribution is -2.34. The van der Waals surface area contributed by atoms with Gasteiger partial charge in [-0.15, -0.1) is 0 Å². The van der Waals surface area contributed by atoms with E-state index in [0.717, 1.165) is 17.7 Å². The van der Waals surface area contributed by atoms with Gasteiger partial charge >= 0.3 is 0 Å². The van der Waals surface area contributed by atoms with E-state index < -0.39 is 0 Å². The Morgan fingerprint density at radius 1 is 0.818 bits per heavy atom. The molecule has 1 aliphatic carbocycles. The van der Waals surface area contributed by atoms with Crippen molar-refractivity contribution in [3.05, 3.63) is 119 Å². The summed E-state index contributed by atoms with van der Waals surface area (Å²) in [5.41, 5.74) is 7.51. The molecule has 0 atom stereocenters. The third-order valence-electron chi connectivity index (χ3n) is 5.62. The predicted octanol–water partition coefficient (Wildman–Crippen LogP) is 5.96. The number of carbonyl (C=O) groups is 1. The van der Waals surface area contributed by atoms with Crippen molar-refractivity contribution in [1.29, 1.82) is 0 Å². The van der Waals surface area contributed by atoms with Crippen LogP contribution in [0.3, 0.4) is 0 Å². The molecule has 0 unspecified atom stereocenters. The minimum absolute atomic E-state index is 0.256. The van der Waals surface area contributed by atoms with Crippen molar-refractivity contribution >= 4 is 28.9 Å². The average molecular weight is 451 g/mol. The number of thiocarbonyl (C=S) groups is 1. The normalized spacial score (nSPS) is 11.3. The van der Waals surface area contributed by atoms with E-state index in [-0.39, 0.29) is 11.0 Å². The first kappa shape index (κ1) is 20.9. The molecule has 4 aromatic rings. The minimum Gasteiger partial charge on any atom is -0.489 e. The van der Waals surface area contributed by atoms with Gasteiger partial charge in [-0.25, -0.2) is 0 Å². The van der Waals surface area contributed by atoms with Crippen LogP contribution < -0.4 is 15.4 Å². The van der Waals surface area contributed by atoms with E-state index in [1.807, 2.05) is 42.5 Å². The number of ether oxygens (including phenoxy) is 1. The number of hydrogen-bond donors (Lipinski definition) is 2. The summed E-state index contributed by atoms with van der Waals surface area (Å²) in [7, 11) is 0. The molecule has 5 heteroatoms. The third kappa shape index (κ3) is 4.78. The highest BCUT2D eigenvalue weighted by molar-refractivity contribution is 7.80. The Labute approximate surface area is 198 Å². The van der Waals surface area contributed by atoms with Crippen molar-refractivity contribution in [2.75, 3.05) is 5.32 Å². The Morgan fingerprint density at radius 3 is 2.48 bits per heavy atom. The number of benzene rings is 4. The Balaban J connectivity index is 1.20. The number of hydrogen-bond acceptors (Lipinski definition) is 3. The van der Waals surface area contributed by atoms with Crippen LogP contribution >= 0.6 is 12.2 Å². The molecule has 33 heavy (non-hydrogen) atoms. The van der Waals surface area contributed by atoms with Crippen LogP contribution in [0.25, 0.3) is 11.1 Å². The summed E-state index contributed by atoms with van der Waals surface area (Å²) in [6.45, 7) is 0.439. The van der Waals surface area contributed by atoms with Gasteiger partial charge in [0, 0.05) is 11.3 Å². The van der Waals surface area contributed by atoms with Crippen molar-refractivity contribution in [2.24, 2.45) is 0 Å². The van der Waals surface area contributed by atoms with Crippen LogP contribution in [0, 0.1) is 0 Å². The first-order chi connectivity index (χ1) is 16.2. The number of anilines is 1. The molecule has 0 fully saturated rings. The summed E-state index contributed by atoms with van der Waals surface area (Å²) in [4.78, 5) is 12.7. The molecular formula is C28H22N2O2S. The maximum absolute atomic E-state index is 12.7. The van der Waals surface area contributed by atoms with Gasteiger partial charge in [0.15, 0.2) is 5.11 Å². The van der Waals surface area contributed by atoms with E-state index in [1.165, 1.54) is 22.3 Å². The standard InChI is InChI=1S/C28H22N2O2S/c31-27(21-10-6-11-24(17-21)32-18-19-7-2-1-3-8-19)30-28(33)29-23-13-14-26-22(16-23)15-20-9-4-5-12-25(20)26/h1-14,16-17H,15,18H2,(H2,29,30,31,33). The molecule has 0 spiro atoms. The van der Waals surface area contributed by atoms with Crippen molar-refractivity contribution in [2.45, 2.75) is 13.0 Å². The summed E-state index contributed by atoms with van der Waals surface area (Å²) < 4.78 is 5.82. The molecule has 1 aliphatic rings. The second kappa shape index (κ2) is 9.27. The van der Waals surface area contributed by atoms with Gasteiger partial charge in [-0.05, 0) is 76.8 Å². The van der Waals surface area contributed by atoms with Crippen LogP contribution in [0.1, 0.15) is 27.0 Å². The molecule has 2 N–H and O–H groups in total. The van der Waals surface area contributed by atoms with Gasteiger partial charge in [-0.2, -0.15) is 0 Å². The second-order valence-electron chi connectivity index (χ2n) is 7.92. The summed E-state index contributed by atoms with van der Waals surface area (Å²) in [5.74, 6) is 0.342. The highest BCUT2D eigenvalue weighted by atomic mass is 32.1. The molecule has 0 saturated carbocycles. The van der Waals surface area contributed by atoms with Gasteiger partial charge in [-0.3, -0.25) is 10.1 Å². The third-order valence-corrected chi connectivity index (χ3v) is 5.83. The summed E-state index contributed by atoms with van der Waals surface area (Å²) >= 11 is 5.38. The molecule has 0 aliphatic heterocycles. The Hall–Kier alpha value is -3.96. The molecule has 0 aromatic heterocycles. The number of fused-ring (bicyclic) bond motifs is 3. The van der Waals surface area contributed by atoms with E-state index in [2.05, 4.69) is 47.0 Å². The minimum atomic E-state index is -0.286. The fourth-order valence-electron chi connectivity index (χ4n) is 4.03. The molecular weight excluding hydrogens is 428 g/mol. The van der Waals surface area contributed by atoms with Gasteiger partial charge in [0.2, 0.25) is 0 Å². The first-order valence-corrected chi connectivity index (χ1v) is 11.2. The van der Waals surface area contributed by atoms with E-state index in [9.17, 15) is 4.79 Å². The molecule has 1 amide bonds. The van der Waals surface area contributed by atoms with Gasteiger partial charge in [0.1, 0.15) is 12.4 Å². The molecule has 4 nitrogen and oxygen atoms in total. The van der Waals surface area contributed by atoms with Crippen LogP contribution in [0.15, 0.2) is 97.1 Å². The highest BCUT2D eigenvalue weighted by Crippen LogP contribution is 2.37. The van der Waals surface area contributed by atoms with Gasteiger partial charge in [0.25, 0.3) is 5.91 Å². The lowest BCUT2D eigenvalue weighted by Gasteiger charge is -2.12. The lowest BCUT2D eigenvalue weighted by atomic mass is 10.1. The fraction of sp³-hybridized carbons (Fsp3) is 0.0714. The first-order valence-electron chi connectivity index (χ1n) is 10.8. The number of rotatable bonds is 5. The van der Waals surface area contributed by atoms with Crippen LogP contribution in [-0.4, -0.2) is 11.0 Å². The van der Waals surface area contributed by atoms with Crippen LogP contribution in [0.4, 0.5) is 5.69 Å². The molecule has 5 rings (SSSR count). The van der Waals surface area contributed by atoms with E-state index in [0.29, 0.717) is 17.9 Å². The molecule has 0 heterocycles. The predicted molar refractivity (Wildman–Crippen MR) is 136 cm³/mol. The molecule has 0 bridgehead atoms. The highest BCUT2D eigenvalue weighted by Gasteiger charge is 2.18. The topological polar surface area (TPSA) is 50.4 Å². The fourth-order valence-corrected chi connectivity index (χ4v) is 4.24. The van der Waals surface area contributed by atoms with Crippen molar-refractivity contribution in [3.63, 3.8) is 0 Å². The van der Waals surface area contributed by atoms with Gasteiger partial charge < -0.3 is 10.1 Å². The summed E-state index contributed by atoms with van der Waals surface area (Å²) in [6.07, 6.45) is 0.899. The maximum atomic E-state index is 12.7. The van der Waals surface area contributed by atoms with Crippen LogP contribution in [0.2, 0.25) is 0 Å². The second-order valence-corrected chi connectivity index (χ2v) is 8.32. The molecule has 0 saturated heterocycles. The van der Waals surface area contributed by atoms with E-state index in [4.69, 9.17) is 17.0 Å². The molecule has 4 aromatic carbocycles. The quantitative estimate of drug-likeness (QED) is 0.324. The number of nitrogens with one attached hydrogen (secondary N) is 2. The number of amides is 1. The Bertz CT molecular complexity index is 1330. The SMILES string of the molecule is O=C(NC(=S)Nc1ccc2c(c1)Cc1ccccc1-2)c1cccc(OCc2ccccc2)c1. The van der Waals surface area contributed by atoms with Gasteiger partial charge in [0.05, 0.1) is 0 Å². The largest absolute Gasteiger partial charge is 0.489 e.